The van der Waals surface area contributed by atoms with Crippen LogP contribution in [-0.2, 0) is 0 Å². The lowest BCUT2D eigenvalue weighted by molar-refractivity contribution is 0.112. The maximum absolute atomic E-state index is 11.6. The molecule has 0 radical (unpaired) electrons. The number of nitrogens with one attached hydrogen (secondary N) is 1. The molecule has 1 aromatic heterocycles. The highest BCUT2D eigenvalue weighted by Gasteiger charge is 2.17. The Morgan fingerprint density at radius 2 is 2.00 bits per heavy atom. The first-order chi connectivity index (χ1) is 10.2. The number of fused-ring (bicyclic) bond motifs is 1. The number of rotatable bonds is 3. The number of halogens is 1. The first kappa shape index (κ1) is 13.7. The third-order valence-electron chi connectivity index (χ3n) is 3.60. The van der Waals surface area contributed by atoms with E-state index in [4.69, 9.17) is 16.3 Å². The number of ether oxygens (including phenoxy) is 1. The summed E-state index contributed by atoms with van der Waals surface area (Å²) in [5.41, 5.74) is 4.13. The average molecular weight is 300 g/mol. The fourth-order valence-electron chi connectivity index (χ4n) is 2.63. The second-order valence-electron chi connectivity index (χ2n) is 4.88. The molecule has 0 aliphatic rings. The van der Waals surface area contributed by atoms with E-state index >= 15 is 0 Å². The zero-order valence-electron chi connectivity index (χ0n) is 11.7. The highest BCUT2D eigenvalue weighted by Crippen LogP contribution is 2.36. The molecule has 0 aliphatic carbocycles. The Labute approximate surface area is 127 Å². The number of hydrogen-bond donors (Lipinski definition) is 1. The Morgan fingerprint density at radius 3 is 2.71 bits per heavy atom. The van der Waals surface area contributed by atoms with Gasteiger partial charge in [-0.2, -0.15) is 0 Å². The van der Waals surface area contributed by atoms with Crippen molar-refractivity contribution >= 4 is 28.8 Å². The van der Waals surface area contributed by atoms with E-state index in [9.17, 15) is 4.79 Å². The van der Waals surface area contributed by atoms with Gasteiger partial charge >= 0.3 is 0 Å². The molecule has 0 saturated heterocycles. The van der Waals surface area contributed by atoms with Gasteiger partial charge in [-0.25, -0.2) is 0 Å². The van der Waals surface area contributed by atoms with Gasteiger partial charge in [0.25, 0.3) is 0 Å². The number of hydrogen-bond acceptors (Lipinski definition) is 2. The van der Waals surface area contributed by atoms with E-state index in [0.29, 0.717) is 10.6 Å². The Hall–Kier alpha value is -2.26. The molecule has 0 bridgehead atoms. The average Bonchev–Trinajstić information content (AvgIpc) is 2.85. The topological polar surface area (TPSA) is 42.1 Å². The summed E-state index contributed by atoms with van der Waals surface area (Å²) < 4.78 is 5.39. The Morgan fingerprint density at radius 1 is 1.24 bits per heavy atom. The minimum absolute atomic E-state index is 0.597. The van der Waals surface area contributed by atoms with Crippen LogP contribution >= 0.6 is 11.6 Å². The molecular formula is C17H14ClNO2. The summed E-state index contributed by atoms with van der Waals surface area (Å²) >= 11 is 6.11. The zero-order chi connectivity index (χ0) is 15.0. The third kappa shape index (κ3) is 2.20. The standard InChI is InChI=1S/C17H14ClNO2/c1-10-7-11(18)8-13-14(9-20)17(19-16(10)13)12-5-3-4-6-15(12)21-2/h3-9,19H,1-2H3. The summed E-state index contributed by atoms with van der Waals surface area (Å²) in [4.78, 5) is 14.9. The van der Waals surface area contributed by atoms with E-state index in [1.807, 2.05) is 43.3 Å². The molecule has 1 N–H and O–H groups in total. The van der Waals surface area contributed by atoms with Crippen molar-refractivity contribution in [1.29, 1.82) is 0 Å². The molecule has 3 rings (SSSR count). The lowest BCUT2D eigenvalue weighted by Crippen LogP contribution is -1.90. The number of aromatic amines is 1. The van der Waals surface area contributed by atoms with Crippen molar-refractivity contribution in [1.82, 2.24) is 4.98 Å². The largest absolute Gasteiger partial charge is 0.496 e. The van der Waals surface area contributed by atoms with Gasteiger partial charge in [-0.1, -0.05) is 23.7 Å². The molecule has 4 heteroatoms. The molecule has 0 atom stereocenters. The Bertz CT molecular complexity index is 836. The molecule has 0 fully saturated rings. The first-order valence-electron chi connectivity index (χ1n) is 6.56. The van der Waals surface area contributed by atoms with Crippen LogP contribution in [0.2, 0.25) is 5.02 Å². The molecule has 21 heavy (non-hydrogen) atoms. The number of carbonyl (C=O) groups excluding carboxylic acids is 1. The van der Waals surface area contributed by atoms with Gasteiger partial charge in [0.1, 0.15) is 5.75 Å². The highest BCUT2D eigenvalue weighted by atomic mass is 35.5. The number of methoxy groups -OCH3 is 1. The molecule has 0 amide bonds. The molecule has 0 saturated carbocycles. The normalized spacial score (nSPS) is 10.8. The van der Waals surface area contributed by atoms with Crippen LogP contribution in [0.4, 0.5) is 0 Å². The molecule has 3 aromatic rings. The highest BCUT2D eigenvalue weighted by molar-refractivity contribution is 6.31. The quantitative estimate of drug-likeness (QED) is 0.717. The fourth-order valence-corrected chi connectivity index (χ4v) is 2.91. The molecular weight excluding hydrogens is 286 g/mol. The first-order valence-corrected chi connectivity index (χ1v) is 6.94. The third-order valence-corrected chi connectivity index (χ3v) is 3.82. The lowest BCUT2D eigenvalue weighted by atomic mass is 10.0. The van der Waals surface area contributed by atoms with Crippen LogP contribution in [0.15, 0.2) is 36.4 Å². The monoisotopic (exact) mass is 299 g/mol. The zero-order valence-corrected chi connectivity index (χ0v) is 12.5. The molecule has 0 unspecified atom stereocenters. The van der Waals surface area contributed by atoms with Crippen LogP contribution in [0.3, 0.4) is 0 Å². The molecule has 3 nitrogen and oxygen atoms in total. The summed E-state index contributed by atoms with van der Waals surface area (Å²) in [6, 6.07) is 11.3. The number of aromatic nitrogens is 1. The van der Waals surface area contributed by atoms with Gasteiger partial charge in [0.05, 0.1) is 12.8 Å². The molecule has 2 aromatic carbocycles. The van der Waals surface area contributed by atoms with Crippen molar-refractivity contribution in [2.24, 2.45) is 0 Å². The van der Waals surface area contributed by atoms with Crippen LogP contribution in [0.25, 0.3) is 22.2 Å². The van der Waals surface area contributed by atoms with Gasteiger partial charge in [-0.3, -0.25) is 4.79 Å². The SMILES string of the molecule is COc1ccccc1-c1[nH]c2c(C)cc(Cl)cc2c1C=O. The van der Waals surface area contributed by atoms with Crippen molar-refractivity contribution in [3.63, 3.8) is 0 Å². The summed E-state index contributed by atoms with van der Waals surface area (Å²) in [7, 11) is 1.62. The van der Waals surface area contributed by atoms with Crippen LogP contribution in [-0.4, -0.2) is 18.4 Å². The van der Waals surface area contributed by atoms with Crippen molar-refractivity contribution in [2.75, 3.05) is 7.11 Å². The van der Waals surface area contributed by atoms with Gasteiger partial charge in [0.15, 0.2) is 6.29 Å². The van der Waals surface area contributed by atoms with Crippen LogP contribution in [0.1, 0.15) is 15.9 Å². The van der Waals surface area contributed by atoms with E-state index in [-0.39, 0.29) is 0 Å². The molecule has 0 aliphatic heterocycles. The van der Waals surface area contributed by atoms with Gasteiger partial charge < -0.3 is 9.72 Å². The molecule has 0 spiro atoms. The lowest BCUT2D eigenvalue weighted by Gasteiger charge is -2.07. The van der Waals surface area contributed by atoms with E-state index < -0.39 is 0 Å². The number of carbonyl (C=O) groups is 1. The van der Waals surface area contributed by atoms with Gasteiger partial charge in [0, 0.05) is 27.1 Å². The second kappa shape index (κ2) is 5.26. The number of aryl methyl sites for hydroxylation is 1. The van der Waals surface area contributed by atoms with Crippen molar-refractivity contribution in [2.45, 2.75) is 6.92 Å². The Kier molecular flexibility index (Phi) is 3.43. The van der Waals surface area contributed by atoms with Crippen molar-refractivity contribution < 1.29 is 9.53 Å². The van der Waals surface area contributed by atoms with Gasteiger partial charge in [-0.15, -0.1) is 0 Å². The van der Waals surface area contributed by atoms with E-state index in [1.54, 1.807) is 7.11 Å². The van der Waals surface area contributed by atoms with Gasteiger partial charge in [0.2, 0.25) is 0 Å². The summed E-state index contributed by atoms with van der Waals surface area (Å²) in [5, 5.41) is 1.45. The van der Waals surface area contributed by atoms with Gasteiger partial charge in [-0.05, 0) is 36.8 Å². The molecule has 106 valence electrons. The van der Waals surface area contributed by atoms with Crippen LogP contribution in [0.5, 0.6) is 5.75 Å². The number of aldehydes is 1. The predicted molar refractivity (Wildman–Crippen MR) is 85.4 cm³/mol. The second-order valence-corrected chi connectivity index (χ2v) is 5.31. The summed E-state index contributed by atoms with van der Waals surface area (Å²) in [5.74, 6) is 0.718. The van der Waals surface area contributed by atoms with Crippen LogP contribution < -0.4 is 4.74 Å². The Balaban J connectivity index is 2.38. The number of para-hydroxylation sites is 1. The maximum Gasteiger partial charge on any atom is 0.152 e. The van der Waals surface area contributed by atoms with E-state index in [0.717, 1.165) is 39.8 Å². The minimum Gasteiger partial charge on any atom is -0.496 e. The number of benzene rings is 2. The minimum atomic E-state index is 0.597. The summed E-state index contributed by atoms with van der Waals surface area (Å²) in [6.07, 6.45) is 0.858. The van der Waals surface area contributed by atoms with Crippen LogP contribution in [0, 0.1) is 6.92 Å². The van der Waals surface area contributed by atoms with Crippen molar-refractivity contribution in [3.8, 4) is 17.0 Å². The molecule has 1 heterocycles. The van der Waals surface area contributed by atoms with Crippen molar-refractivity contribution in [3.05, 3.63) is 52.5 Å². The maximum atomic E-state index is 11.6. The number of H-pyrrole nitrogens is 1. The fraction of sp³-hybridized carbons (Fsp3) is 0.118. The summed E-state index contributed by atoms with van der Waals surface area (Å²) in [6.45, 7) is 1.96. The smallest absolute Gasteiger partial charge is 0.152 e. The predicted octanol–water partition coefficient (Wildman–Crippen LogP) is 4.62. The van der Waals surface area contributed by atoms with E-state index in [1.165, 1.54) is 0 Å². The van der Waals surface area contributed by atoms with E-state index in [2.05, 4.69) is 4.98 Å².